The van der Waals surface area contributed by atoms with E-state index in [1.807, 2.05) is 7.05 Å². The maximum atomic E-state index is 11.8. The third-order valence-corrected chi connectivity index (χ3v) is 2.77. The number of rotatable bonds is 6. The summed E-state index contributed by atoms with van der Waals surface area (Å²) >= 11 is 0. The predicted molar refractivity (Wildman–Crippen MR) is 71.0 cm³/mol. The van der Waals surface area contributed by atoms with Crippen molar-refractivity contribution >= 4 is 5.91 Å². The first-order valence-corrected chi connectivity index (χ1v) is 6.18. The van der Waals surface area contributed by atoms with Crippen molar-refractivity contribution in [3.63, 3.8) is 0 Å². The van der Waals surface area contributed by atoms with E-state index in [9.17, 15) is 4.79 Å². The summed E-state index contributed by atoms with van der Waals surface area (Å²) < 4.78 is 0. The van der Waals surface area contributed by atoms with E-state index in [1.54, 1.807) is 0 Å². The molecule has 1 amide bonds. The highest BCUT2D eigenvalue weighted by atomic mass is 16.2. The summed E-state index contributed by atoms with van der Waals surface area (Å²) in [6, 6.07) is 8.15. The van der Waals surface area contributed by atoms with Gasteiger partial charge < -0.3 is 10.6 Å². The zero-order valence-electron chi connectivity index (χ0n) is 10.9. The first kappa shape index (κ1) is 13.7. The van der Waals surface area contributed by atoms with Crippen LogP contribution >= 0.6 is 0 Å². The third-order valence-electron chi connectivity index (χ3n) is 2.77. The molecular formula is C14H22N2O. The molecule has 0 aliphatic heterocycles. The normalized spacial score (nSPS) is 12.2. The van der Waals surface area contributed by atoms with Gasteiger partial charge in [-0.15, -0.1) is 0 Å². The van der Waals surface area contributed by atoms with Crippen LogP contribution in [0.2, 0.25) is 0 Å². The lowest BCUT2D eigenvalue weighted by molar-refractivity contribution is -0.123. The van der Waals surface area contributed by atoms with Crippen molar-refractivity contribution in [2.45, 2.75) is 32.7 Å². The Morgan fingerprint density at radius 1 is 1.29 bits per heavy atom. The van der Waals surface area contributed by atoms with Crippen LogP contribution in [0, 0.1) is 6.92 Å². The molecular weight excluding hydrogens is 212 g/mol. The number of amides is 1. The highest BCUT2D eigenvalue weighted by Crippen LogP contribution is 2.06. The Hall–Kier alpha value is -1.35. The summed E-state index contributed by atoms with van der Waals surface area (Å²) in [6.45, 7) is 4.85. The first-order valence-electron chi connectivity index (χ1n) is 6.18. The molecule has 0 heterocycles. The van der Waals surface area contributed by atoms with Gasteiger partial charge in [-0.3, -0.25) is 4.79 Å². The predicted octanol–water partition coefficient (Wildman–Crippen LogP) is 1.65. The minimum absolute atomic E-state index is 0.0786. The van der Waals surface area contributed by atoms with E-state index in [-0.39, 0.29) is 11.9 Å². The molecule has 0 aliphatic rings. The lowest BCUT2D eigenvalue weighted by Gasteiger charge is -2.16. The number of carbonyl (C=O) groups excluding carboxylic acids is 1. The average Bonchev–Trinajstić information content (AvgIpc) is 2.35. The van der Waals surface area contributed by atoms with Crippen molar-refractivity contribution in [3.8, 4) is 0 Å². The van der Waals surface area contributed by atoms with Gasteiger partial charge in [-0.25, -0.2) is 0 Å². The van der Waals surface area contributed by atoms with Crippen molar-refractivity contribution in [1.82, 2.24) is 10.6 Å². The number of nitrogens with one attached hydrogen (secondary N) is 2. The SMILES string of the molecule is CCCNC(=O)C(Cc1ccc(C)cc1)NC. The Morgan fingerprint density at radius 3 is 2.47 bits per heavy atom. The van der Waals surface area contributed by atoms with Gasteiger partial charge in [-0.05, 0) is 32.4 Å². The van der Waals surface area contributed by atoms with Gasteiger partial charge in [0.25, 0.3) is 0 Å². The van der Waals surface area contributed by atoms with Gasteiger partial charge in [0.2, 0.25) is 5.91 Å². The van der Waals surface area contributed by atoms with E-state index < -0.39 is 0 Å². The Morgan fingerprint density at radius 2 is 1.94 bits per heavy atom. The van der Waals surface area contributed by atoms with Gasteiger partial charge in [0.05, 0.1) is 6.04 Å². The molecule has 3 nitrogen and oxygen atoms in total. The summed E-state index contributed by atoms with van der Waals surface area (Å²) in [5, 5.41) is 5.98. The van der Waals surface area contributed by atoms with Gasteiger partial charge in [-0.1, -0.05) is 36.8 Å². The fraction of sp³-hybridized carbons (Fsp3) is 0.500. The zero-order chi connectivity index (χ0) is 12.7. The molecule has 17 heavy (non-hydrogen) atoms. The molecule has 1 aromatic carbocycles. The van der Waals surface area contributed by atoms with E-state index >= 15 is 0 Å². The van der Waals surface area contributed by atoms with Crippen LogP contribution in [-0.2, 0) is 11.2 Å². The van der Waals surface area contributed by atoms with E-state index in [0.717, 1.165) is 19.4 Å². The Balaban J connectivity index is 2.57. The maximum Gasteiger partial charge on any atom is 0.237 e. The number of hydrogen-bond acceptors (Lipinski definition) is 2. The van der Waals surface area contributed by atoms with Crippen LogP contribution in [0.1, 0.15) is 24.5 Å². The van der Waals surface area contributed by atoms with Crippen molar-refractivity contribution in [2.24, 2.45) is 0 Å². The van der Waals surface area contributed by atoms with Gasteiger partial charge in [0, 0.05) is 6.54 Å². The second-order valence-electron chi connectivity index (χ2n) is 4.32. The number of benzene rings is 1. The molecule has 0 radical (unpaired) electrons. The summed E-state index contributed by atoms with van der Waals surface area (Å²) in [5.74, 6) is 0.0786. The van der Waals surface area contributed by atoms with Crippen LogP contribution in [0.15, 0.2) is 24.3 Å². The minimum Gasteiger partial charge on any atom is -0.355 e. The highest BCUT2D eigenvalue weighted by Gasteiger charge is 2.15. The van der Waals surface area contributed by atoms with Crippen LogP contribution in [0.25, 0.3) is 0 Å². The summed E-state index contributed by atoms with van der Waals surface area (Å²) in [6.07, 6.45) is 1.69. The lowest BCUT2D eigenvalue weighted by Crippen LogP contribution is -2.44. The topological polar surface area (TPSA) is 41.1 Å². The maximum absolute atomic E-state index is 11.8. The molecule has 1 atom stereocenters. The smallest absolute Gasteiger partial charge is 0.237 e. The van der Waals surface area contributed by atoms with Gasteiger partial charge >= 0.3 is 0 Å². The molecule has 0 aromatic heterocycles. The van der Waals surface area contributed by atoms with Crippen molar-refractivity contribution in [3.05, 3.63) is 35.4 Å². The van der Waals surface area contributed by atoms with Crippen LogP contribution in [0.5, 0.6) is 0 Å². The minimum atomic E-state index is -0.149. The molecule has 1 rings (SSSR count). The molecule has 2 N–H and O–H groups in total. The monoisotopic (exact) mass is 234 g/mol. The van der Waals surface area contributed by atoms with E-state index in [1.165, 1.54) is 11.1 Å². The van der Waals surface area contributed by atoms with Gasteiger partial charge in [0.1, 0.15) is 0 Å². The van der Waals surface area contributed by atoms with Crippen LogP contribution in [-0.4, -0.2) is 25.5 Å². The fourth-order valence-corrected chi connectivity index (χ4v) is 1.66. The van der Waals surface area contributed by atoms with Crippen molar-refractivity contribution in [2.75, 3.05) is 13.6 Å². The second kappa shape index (κ2) is 7.07. The molecule has 3 heteroatoms. The molecule has 0 saturated carbocycles. The Labute approximate surface area is 104 Å². The number of aryl methyl sites for hydroxylation is 1. The zero-order valence-corrected chi connectivity index (χ0v) is 10.9. The first-order chi connectivity index (χ1) is 8.17. The van der Waals surface area contributed by atoms with E-state index in [0.29, 0.717) is 0 Å². The molecule has 0 bridgehead atoms. The van der Waals surface area contributed by atoms with Crippen LogP contribution in [0.3, 0.4) is 0 Å². The lowest BCUT2D eigenvalue weighted by atomic mass is 10.0. The molecule has 0 spiro atoms. The Bertz CT molecular complexity index is 346. The molecule has 1 unspecified atom stereocenters. The molecule has 0 aliphatic carbocycles. The number of hydrogen-bond donors (Lipinski definition) is 2. The molecule has 1 aromatic rings. The van der Waals surface area contributed by atoms with Crippen molar-refractivity contribution in [1.29, 1.82) is 0 Å². The van der Waals surface area contributed by atoms with Gasteiger partial charge in [0.15, 0.2) is 0 Å². The average molecular weight is 234 g/mol. The summed E-state index contributed by atoms with van der Waals surface area (Å²) in [7, 11) is 1.82. The number of carbonyl (C=O) groups is 1. The third kappa shape index (κ3) is 4.57. The largest absolute Gasteiger partial charge is 0.355 e. The molecule has 94 valence electrons. The fourth-order valence-electron chi connectivity index (χ4n) is 1.66. The van der Waals surface area contributed by atoms with E-state index in [2.05, 4.69) is 48.7 Å². The quantitative estimate of drug-likeness (QED) is 0.786. The van der Waals surface area contributed by atoms with E-state index in [4.69, 9.17) is 0 Å². The second-order valence-corrected chi connectivity index (χ2v) is 4.32. The Kier molecular flexibility index (Phi) is 5.70. The molecule has 0 fully saturated rings. The summed E-state index contributed by atoms with van der Waals surface area (Å²) in [4.78, 5) is 11.8. The highest BCUT2D eigenvalue weighted by molar-refractivity contribution is 5.82. The number of likely N-dealkylation sites (N-methyl/N-ethyl adjacent to an activating group) is 1. The molecule has 0 saturated heterocycles. The van der Waals surface area contributed by atoms with Crippen molar-refractivity contribution < 1.29 is 4.79 Å². The van der Waals surface area contributed by atoms with Gasteiger partial charge in [-0.2, -0.15) is 0 Å². The standard InChI is InChI=1S/C14H22N2O/c1-4-9-16-14(17)13(15-3)10-12-7-5-11(2)6-8-12/h5-8,13,15H,4,9-10H2,1-3H3,(H,16,17). The van der Waals surface area contributed by atoms with Crippen LogP contribution < -0.4 is 10.6 Å². The summed E-state index contributed by atoms with van der Waals surface area (Å²) in [5.41, 5.74) is 2.42. The van der Waals surface area contributed by atoms with Crippen LogP contribution in [0.4, 0.5) is 0 Å².